The van der Waals surface area contributed by atoms with Gasteiger partial charge in [-0.1, -0.05) is 13.8 Å². The molecule has 2 rings (SSSR count). The lowest BCUT2D eigenvalue weighted by Crippen LogP contribution is -2.40. The van der Waals surface area contributed by atoms with Crippen LogP contribution >= 0.6 is 0 Å². The van der Waals surface area contributed by atoms with Crippen molar-refractivity contribution in [2.24, 2.45) is 5.92 Å². The van der Waals surface area contributed by atoms with Crippen LogP contribution in [0.2, 0.25) is 0 Å². The Morgan fingerprint density at radius 2 is 2.12 bits per heavy atom. The van der Waals surface area contributed by atoms with E-state index in [1.54, 1.807) is 6.92 Å². The zero-order valence-electron chi connectivity index (χ0n) is 10.3. The van der Waals surface area contributed by atoms with E-state index in [1.807, 2.05) is 0 Å². The largest absolute Gasteiger partial charge is 0.382 e. The van der Waals surface area contributed by atoms with Crippen molar-refractivity contribution < 1.29 is 9.18 Å². The zero-order valence-corrected chi connectivity index (χ0v) is 10.3. The highest BCUT2D eigenvalue weighted by Gasteiger charge is 2.24. The van der Waals surface area contributed by atoms with E-state index in [1.165, 1.54) is 12.1 Å². The summed E-state index contributed by atoms with van der Waals surface area (Å²) in [6.45, 7) is 6.58. The molecule has 0 aromatic heterocycles. The summed E-state index contributed by atoms with van der Waals surface area (Å²) in [4.78, 5) is 12.0. The summed E-state index contributed by atoms with van der Waals surface area (Å²) in [6, 6.07) is 2.79. The van der Waals surface area contributed by atoms with Gasteiger partial charge >= 0.3 is 0 Å². The van der Waals surface area contributed by atoms with Crippen molar-refractivity contribution in [2.75, 3.05) is 11.9 Å². The quantitative estimate of drug-likeness (QED) is 0.785. The Bertz CT molecular complexity index is 457. The molecule has 1 aromatic carbocycles. The van der Waals surface area contributed by atoms with Crippen molar-refractivity contribution >= 4 is 11.6 Å². The van der Waals surface area contributed by atoms with Crippen molar-refractivity contribution in [1.82, 2.24) is 5.32 Å². The van der Waals surface area contributed by atoms with E-state index < -0.39 is 0 Å². The molecule has 0 saturated heterocycles. The SMILES string of the molecule is Cc1cc(F)cc2c1NCC(C(C)C)NC2=O. The van der Waals surface area contributed by atoms with E-state index in [0.717, 1.165) is 11.3 Å². The lowest BCUT2D eigenvalue weighted by atomic mass is 10.0. The third-order valence-corrected chi connectivity index (χ3v) is 3.16. The van der Waals surface area contributed by atoms with Crippen LogP contribution in [0.15, 0.2) is 12.1 Å². The summed E-state index contributed by atoms with van der Waals surface area (Å²) in [5, 5.41) is 6.15. The molecule has 1 atom stereocenters. The predicted molar refractivity (Wildman–Crippen MR) is 65.7 cm³/mol. The lowest BCUT2D eigenvalue weighted by Gasteiger charge is -2.19. The number of aryl methyl sites for hydroxylation is 1. The molecule has 1 aliphatic rings. The van der Waals surface area contributed by atoms with Crippen LogP contribution < -0.4 is 10.6 Å². The van der Waals surface area contributed by atoms with Gasteiger partial charge < -0.3 is 10.6 Å². The minimum atomic E-state index is -0.374. The second-order valence-electron chi connectivity index (χ2n) is 4.85. The Balaban J connectivity index is 2.41. The molecule has 0 fully saturated rings. The average Bonchev–Trinajstić information content (AvgIpc) is 2.39. The van der Waals surface area contributed by atoms with Gasteiger partial charge in [0.15, 0.2) is 0 Å². The van der Waals surface area contributed by atoms with Gasteiger partial charge in [0.25, 0.3) is 5.91 Å². The van der Waals surface area contributed by atoms with Gasteiger partial charge in [-0.3, -0.25) is 4.79 Å². The second-order valence-corrected chi connectivity index (χ2v) is 4.85. The number of carbonyl (C=O) groups is 1. The number of fused-ring (bicyclic) bond motifs is 1. The number of amides is 1. The fourth-order valence-corrected chi connectivity index (χ4v) is 2.07. The lowest BCUT2D eigenvalue weighted by molar-refractivity contribution is 0.0932. The highest BCUT2D eigenvalue weighted by atomic mass is 19.1. The van der Waals surface area contributed by atoms with E-state index in [2.05, 4.69) is 24.5 Å². The van der Waals surface area contributed by atoms with Crippen molar-refractivity contribution in [2.45, 2.75) is 26.8 Å². The molecular weight excluding hydrogens is 219 g/mol. The molecule has 17 heavy (non-hydrogen) atoms. The minimum Gasteiger partial charge on any atom is -0.382 e. The maximum atomic E-state index is 13.3. The Morgan fingerprint density at radius 1 is 1.41 bits per heavy atom. The predicted octanol–water partition coefficient (Wildman–Crippen LogP) is 2.31. The minimum absolute atomic E-state index is 0.0670. The number of halogens is 1. The second kappa shape index (κ2) is 4.35. The Kier molecular flexibility index (Phi) is 3.05. The molecule has 1 aromatic rings. The molecule has 0 saturated carbocycles. The van der Waals surface area contributed by atoms with E-state index in [4.69, 9.17) is 0 Å². The molecule has 0 spiro atoms. The van der Waals surface area contributed by atoms with E-state index >= 15 is 0 Å². The third kappa shape index (κ3) is 2.25. The van der Waals surface area contributed by atoms with Crippen LogP contribution in [0.3, 0.4) is 0 Å². The molecular formula is C13H17FN2O. The third-order valence-electron chi connectivity index (χ3n) is 3.16. The van der Waals surface area contributed by atoms with Crippen LogP contribution in [0.25, 0.3) is 0 Å². The molecule has 0 aliphatic carbocycles. The van der Waals surface area contributed by atoms with Crippen LogP contribution in [-0.2, 0) is 0 Å². The molecule has 0 radical (unpaired) electrons. The van der Waals surface area contributed by atoms with Crippen LogP contribution in [0, 0.1) is 18.7 Å². The maximum absolute atomic E-state index is 13.3. The summed E-state index contributed by atoms with van der Waals surface area (Å²) >= 11 is 0. The number of rotatable bonds is 1. The molecule has 1 amide bonds. The van der Waals surface area contributed by atoms with Gasteiger partial charge in [0.05, 0.1) is 11.3 Å². The summed E-state index contributed by atoms with van der Waals surface area (Å²) in [6.07, 6.45) is 0. The molecule has 1 unspecified atom stereocenters. The van der Waals surface area contributed by atoms with E-state index in [9.17, 15) is 9.18 Å². The average molecular weight is 236 g/mol. The summed E-state index contributed by atoms with van der Waals surface area (Å²) in [5.74, 6) is -0.238. The first-order chi connectivity index (χ1) is 7.99. The first kappa shape index (κ1) is 11.9. The fraction of sp³-hybridized carbons (Fsp3) is 0.462. The summed E-state index contributed by atoms with van der Waals surface area (Å²) < 4.78 is 13.3. The summed E-state index contributed by atoms with van der Waals surface area (Å²) in [7, 11) is 0. The van der Waals surface area contributed by atoms with Gasteiger partial charge in [0.2, 0.25) is 0 Å². The molecule has 3 nitrogen and oxygen atoms in total. The van der Waals surface area contributed by atoms with Crippen LogP contribution in [0.4, 0.5) is 10.1 Å². The number of hydrogen-bond acceptors (Lipinski definition) is 2. The van der Waals surface area contributed by atoms with Gasteiger partial charge in [0, 0.05) is 12.6 Å². The summed E-state index contributed by atoms with van der Waals surface area (Å²) in [5.41, 5.74) is 1.90. The van der Waals surface area contributed by atoms with E-state index in [0.29, 0.717) is 18.0 Å². The Labute approximate surface area is 100 Å². The van der Waals surface area contributed by atoms with Crippen molar-refractivity contribution in [3.8, 4) is 0 Å². The molecule has 4 heteroatoms. The van der Waals surface area contributed by atoms with Gasteiger partial charge in [-0.25, -0.2) is 4.39 Å². The molecule has 1 aliphatic heterocycles. The standard InChI is InChI=1S/C13H17FN2O/c1-7(2)11-6-15-12-8(3)4-9(14)5-10(12)13(17)16-11/h4-5,7,11,15H,6H2,1-3H3,(H,16,17). The van der Waals surface area contributed by atoms with Crippen LogP contribution in [0.1, 0.15) is 29.8 Å². The smallest absolute Gasteiger partial charge is 0.253 e. The Morgan fingerprint density at radius 3 is 2.76 bits per heavy atom. The maximum Gasteiger partial charge on any atom is 0.253 e. The number of benzene rings is 1. The normalized spacial score (nSPS) is 19.4. The first-order valence-corrected chi connectivity index (χ1v) is 5.84. The number of nitrogens with one attached hydrogen (secondary N) is 2. The molecule has 0 bridgehead atoms. The molecule has 92 valence electrons. The highest BCUT2D eigenvalue weighted by molar-refractivity contribution is 6.01. The van der Waals surface area contributed by atoms with Gasteiger partial charge in [0.1, 0.15) is 5.82 Å². The van der Waals surface area contributed by atoms with Gasteiger partial charge in [-0.15, -0.1) is 0 Å². The van der Waals surface area contributed by atoms with Crippen LogP contribution in [0.5, 0.6) is 0 Å². The zero-order chi connectivity index (χ0) is 12.6. The van der Waals surface area contributed by atoms with Gasteiger partial charge in [-0.05, 0) is 30.5 Å². The molecule has 1 heterocycles. The molecule has 2 N–H and O–H groups in total. The van der Waals surface area contributed by atoms with Crippen LogP contribution in [-0.4, -0.2) is 18.5 Å². The number of hydrogen-bond donors (Lipinski definition) is 2. The first-order valence-electron chi connectivity index (χ1n) is 5.84. The highest BCUT2D eigenvalue weighted by Crippen LogP contribution is 2.25. The fourth-order valence-electron chi connectivity index (χ4n) is 2.07. The van der Waals surface area contributed by atoms with Crippen molar-refractivity contribution in [3.05, 3.63) is 29.1 Å². The van der Waals surface area contributed by atoms with Crippen molar-refractivity contribution in [3.63, 3.8) is 0 Å². The van der Waals surface area contributed by atoms with Crippen molar-refractivity contribution in [1.29, 1.82) is 0 Å². The topological polar surface area (TPSA) is 41.1 Å². The number of anilines is 1. The Hall–Kier alpha value is -1.58. The monoisotopic (exact) mass is 236 g/mol. The van der Waals surface area contributed by atoms with E-state index in [-0.39, 0.29) is 17.8 Å². The number of carbonyl (C=O) groups excluding carboxylic acids is 1. The van der Waals surface area contributed by atoms with Gasteiger partial charge in [-0.2, -0.15) is 0 Å².